The maximum absolute atomic E-state index is 13.1. The Labute approximate surface area is 174 Å². The molecule has 0 spiro atoms. The summed E-state index contributed by atoms with van der Waals surface area (Å²) >= 11 is 1.27. The Morgan fingerprint density at radius 1 is 1.14 bits per heavy atom. The second kappa shape index (κ2) is 8.69. The number of aromatic nitrogens is 2. The second-order valence-electron chi connectivity index (χ2n) is 7.74. The molecule has 1 N–H and O–H groups in total. The van der Waals surface area contributed by atoms with Gasteiger partial charge in [-0.15, -0.1) is 0 Å². The number of nitrogens with zero attached hydrogens (tertiary/aromatic N) is 2. The van der Waals surface area contributed by atoms with Crippen molar-refractivity contribution in [2.75, 3.05) is 12.9 Å². The third-order valence-electron chi connectivity index (χ3n) is 4.17. The molecule has 1 aromatic heterocycles. The number of methoxy groups -OCH3 is 1. The van der Waals surface area contributed by atoms with Gasteiger partial charge in [-0.2, -0.15) is 0 Å². The second-order valence-corrected chi connectivity index (χ2v) is 8.68. The number of para-hydroxylation sites is 1. The molecule has 7 heteroatoms. The van der Waals surface area contributed by atoms with Crippen molar-refractivity contribution in [2.45, 2.75) is 38.0 Å². The Balaban J connectivity index is 1.94. The predicted octanol–water partition coefficient (Wildman–Crippen LogP) is 3.46. The first kappa shape index (κ1) is 20.9. The molecule has 3 rings (SSSR count). The highest BCUT2D eigenvalue weighted by Crippen LogP contribution is 2.20. The summed E-state index contributed by atoms with van der Waals surface area (Å²) in [5.74, 6) is 0.845. The summed E-state index contributed by atoms with van der Waals surface area (Å²) in [6.45, 7) is 6.17. The van der Waals surface area contributed by atoms with E-state index in [2.05, 4.69) is 10.3 Å². The quantitative estimate of drug-likeness (QED) is 0.497. The number of carbonyl (C=O) groups is 1. The van der Waals surface area contributed by atoms with E-state index in [1.54, 1.807) is 17.7 Å². The van der Waals surface area contributed by atoms with Gasteiger partial charge in [0.25, 0.3) is 5.56 Å². The average Bonchev–Trinajstić information content (AvgIpc) is 2.68. The van der Waals surface area contributed by atoms with Crippen LogP contribution in [0.25, 0.3) is 10.9 Å². The van der Waals surface area contributed by atoms with E-state index in [4.69, 9.17) is 4.74 Å². The SMILES string of the molecule is COc1ccc(Cn2c(SCC(=O)NC(C)(C)C)nc3ccccc3c2=O)cc1. The van der Waals surface area contributed by atoms with Gasteiger partial charge in [0, 0.05) is 5.54 Å². The molecule has 3 aromatic rings. The van der Waals surface area contributed by atoms with Gasteiger partial charge in [-0.05, 0) is 50.6 Å². The topological polar surface area (TPSA) is 73.2 Å². The fourth-order valence-electron chi connectivity index (χ4n) is 2.90. The molecule has 6 nitrogen and oxygen atoms in total. The number of fused-ring (bicyclic) bond motifs is 1. The standard InChI is InChI=1S/C22H25N3O3S/c1-22(2,3)24-19(26)14-29-21-23-18-8-6-5-7-17(18)20(27)25(21)13-15-9-11-16(28-4)12-10-15/h5-12H,13-14H2,1-4H3,(H,24,26). The van der Waals surface area contributed by atoms with E-state index in [0.717, 1.165) is 11.3 Å². The molecule has 0 aliphatic heterocycles. The smallest absolute Gasteiger partial charge is 0.262 e. The van der Waals surface area contributed by atoms with E-state index < -0.39 is 0 Å². The third kappa shape index (κ3) is 5.38. The van der Waals surface area contributed by atoms with Crippen molar-refractivity contribution in [2.24, 2.45) is 0 Å². The number of hydrogen-bond donors (Lipinski definition) is 1. The third-order valence-corrected chi connectivity index (χ3v) is 5.15. The molecule has 0 aliphatic carbocycles. The van der Waals surface area contributed by atoms with Gasteiger partial charge in [0.1, 0.15) is 5.75 Å². The summed E-state index contributed by atoms with van der Waals surface area (Å²) in [6, 6.07) is 14.8. The molecule has 1 amide bonds. The zero-order valence-corrected chi connectivity index (χ0v) is 17.9. The van der Waals surface area contributed by atoms with E-state index in [1.165, 1.54) is 11.8 Å². The summed E-state index contributed by atoms with van der Waals surface area (Å²) in [5.41, 5.74) is 1.15. The number of thioether (sulfide) groups is 1. The molecule has 2 aromatic carbocycles. The van der Waals surface area contributed by atoms with Crippen molar-refractivity contribution in [1.82, 2.24) is 14.9 Å². The van der Waals surface area contributed by atoms with Crippen LogP contribution in [0.1, 0.15) is 26.3 Å². The summed E-state index contributed by atoms with van der Waals surface area (Å²) in [4.78, 5) is 30.0. The lowest BCUT2D eigenvalue weighted by molar-refractivity contribution is -0.119. The Hall–Kier alpha value is -2.80. The minimum atomic E-state index is -0.308. The van der Waals surface area contributed by atoms with E-state index >= 15 is 0 Å². The molecule has 152 valence electrons. The molecule has 0 fully saturated rings. The molecule has 0 aliphatic rings. The maximum Gasteiger partial charge on any atom is 0.262 e. The molecule has 0 unspecified atom stereocenters. The van der Waals surface area contributed by atoms with Crippen molar-refractivity contribution in [3.05, 3.63) is 64.4 Å². The summed E-state index contributed by atoms with van der Waals surface area (Å²) < 4.78 is 6.82. The number of carbonyl (C=O) groups excluding carboxylic acids is 1. The van der Waals surface area contributed by atoms with Crippen molar-refractivity contribution in [1.29, 1.82) is 0 Å². The van der Waals surface area contributed by atoms with Crippen LogP contribution in [-0.4, -0.2) is 33.9 Å². The van der Waals surface area contributed by atoms with Gasteiger partial charge in [-0.1, -0.05) is 36.0 Å². The molecule has 29 heavy (non-hydrogen) atoms. The first-order chi connectivity index (χ1) is 13.8. The molecule has 0 saturated heterocycles. The molecule has 0 bridgehead atoms. The Morgan fingerprint density at radius 3 is 2.48 bits per heavy atom. The number of hydrogen-bond acceptors (Lipinski definition) is 5. The molecule has 1 heterocycles. The van der Waals surface area contributed by atoms with Gasteiger partial charge < -0.3 is 10.1 Å². The van der Waals surface area contributed by atoms with Crippen LogP contribution in [-0.2, 0) is 11.3 Å². The number of rotatable bonds is 6. The Kier molecular flexibility index (Phi) is 6.27. The zero-order chi connectivity index (χ0) is 21.0. The van der Waals surface area contributed by atoms with E-state index in [-0.39, 0.29) is 22.8 Å². The van der Waals surface area contributed by atoms with Crippen LogP contribution in [0.5, 0.6) is 5.75 Å². The fourth-order valence-corrected chi connectivity index (χ4v) is 3.69. The van der Waals surface area contributed by atoms with Gasteiger partial charge in [-0.25, -0.2) is 4.98 Å². The van der Waals surface area contributed by atoms with Crippen molar-refractivity contribution < 1.29 is 9.53 Å². The van der Waals surface area contributed by atoms with E-state index in [1.807, 2.05) is 63.2 Å². The Bertz CT molecular complexity index is 1070. The maximum atomic E-state index is 13.1. The highest BCUT2D eigenvalue weighted by molar-refractivity contribution is 7.99. The van der Waals surface area contributed by atoms with Crippen molar-refractivity contribution in [3.8, 4) is 5.75 Å². The zero-order valence-electron chi connectivity index (χ0n) is 17.1. The average molecular weight is 412 g/mol. The Morgan fingerprint density at radius 2 is 1.83 bits per heavy atom. The molecular weight excluding hydrogens is 386 g/mol. The van der Waals surface area contributed by atoms with Crippen molar-refractivity contribution >= 4 is 28.6 Å². The van der Waals surface area contributed by atoms with Crippen LogP contribution < -0.4 is 15.6 Å². The van der Waals surface area contributed by atoms with Crippen LogP contribution in [0, 0.1) is 0 Å². The van der Waals surface area contributed by atoms with Crippen molar-refractivity contribution in [3.63, 3.8) is 0 Å². The van der Waals surface area contributed by atoms with Crippen LogP contribution in [0.2, 0.25) is 0 Å². The van der Waals surface area contributed by atoms with Crippen LogP contribution in [0.3, 0.4) is 0 Å². The normalized spacial score (nSPS) is 11.4. The molecule has 0 atom stereocenters. The largest absolute Gasteiger partial charge is 0.497 e. The van der Waals surface area contributed by atoms with Crippen LogP contribution in [0.4, 0.5) is 0 Å². The van der Waals surface area contributed by atoms with Gasteiger partial charge in [0.15, 0.2) is 5.16 Å². The van der Waals surface area contributed by atoms with Gasteiger partial charge in [0.2, 0.25) is 5.91 Å². The number of amides is 1. The lowest BCUT2D eigenvalue weighted by Crippen LogP contribution is -2.41. The highest BCUT2D eigenvalue weighted by Gasteiger charge is 2.17. The first-order valence-electron chi connectivity index (χ1n) is 9.33. The van der Waals surface area contributed by atoms with Gasteiger partial charge in [0.05, 0.1) is 30.3 Å². The van der Waals surface area contributed by atoms with E-state index in [0.29, 0.717) is 22.6 Å². The summed E-state index contributed by atoms with van der Waals surface area (Å²) in [6.07, 6.45) is 0. The monoisotopic (exact) mass is 411 g/mol. The lowest BCUT2D eigenvalue weighted by atomic mass is 10.1. The first-order valence-corrected chi connectivity index (χ1v) is 10.3. The minimum Gasteiger partial charge on any atom is -0.497 e. The minimum absolute atomic E-state index is 0.0964. The fraction of sp³-hybridized carbons (Fsp3) is 0.318. The molecule has 0 radical (unpaired) electrons. The number of benzene rings is 2. The van der Waals surface area contributed by atoms with Gasteiger partial charge in [-0.3, -0.25) is 14.2 Å². The van der Waals surface area contributed by atoms with Crippen LogP contribution >= 0.6 is 11.8 Å². The lowest BCUT2D eigenvalue weighted by Gasteiger charge is -2.20. The summed E-state index contributed by atoms with van der Waals surface area (Å²) in [7, 11) is 1.62. The molecular formula is C22H25N3O3S. The summed E-state index contributed by atoms with van der Waals surface area (Å²) in [5, 5.41) is 4.02. The highest BCUT2D eigenvalue weighted by atomic mass is 32.2. The predicted molar refractivity (Wildman–Crippen MR) is 117 cm³/mol. The van der Waals surface area contributed by atoms with Crippen LogP contribution in [0.15, 0.2) is 58.5 Å². The van der Waals surface area contributed by atoms with E-state index in [9.17, 15) is 9.59 Å². The number of nitrogens with one attached hydrogen (secondary N) is 1. The molecule has 0 saturated carbocycles. The van der Waals surface area contributed by atoms with Gasteiger partial charge >= 0.3 is 0 Å². The number of ether oxygens (including phenoxy) is 1.